The van der Waals surface area contributed by atoms with Gasteiger partial charge in [0, 0.05) is 4.47 Å². The first kappa shape index (κ1) is 14.9. The molecule has 3 N–H and O–H groups in total. The fourth-order valence-corrected chi connectivity index (χ4v) is 2.00. The topological polar surface area (TPSA) is 102 Å². The molecule has 21 heavy (non-hydrogen) atoms. The molecule has 0 spiro atoms. The number of nitrogens with two attached hydrogens (primary N) is 1. The number of rotatable bonds is 4. The van der Waals surface area contributed by atoms with Crippen molar-refractivity contribution in [2.75, 3.05) is 0 Å². The largest absolute Gasteiger partial charge is 0.449 e. The molecule has 0 fully saturated rings. The van der Waals surface area contributed by atoms with Crippen molar-refractivity contribution in [2.24, 2.45) is 5.73 Å². The Morgan fingerprint density at radius 2 is 1.95 bits per heavy atom. The first-order valence-electron chi connectivity index (χ1n) is 5.64. The standard InChI is InChI=1S/C13H9BrFN3O3/c14-7-1-3-11(9(5-7)13(16)17)21-12-4-2-8(15)6-10(12)18(19)20/h1-6H,(H3,16,17). The third-order valence-corrected chi connectivity index (χ3v) is 3.06. The molecule has 0 aliphatic carbocycles. The molecule has 0 saturated carbocycles. The van der Waals surface area contributed by atoms with Crippen LogP contribution in [0.25, 0.3) is 0 Å². The second-order valence-electron chi connectivity index (χ2n) is 4.03. The third-order valence-electron chi connectivity index (χ3n) is 2.57. The summed E-state index contributed by atoms with van der Waals surface area (Å²) in [7, 11) is 0. The van der Waals surface area contributed by atoms with Gasteiger partial charge in [-0.3, -0.25) is 15.5 Å². The highest BCUT2D eigenvalue weighted by Crippen LogP contribution is 2.34. The molecule has 8 heteroatoms. The average molecular weight is 354 g/mol. The maximum atomic E-state index is 13.1. The van der Waals surface area contributed by atoms with Crippen molar-refractivity contribution in [3.05, 3.63) is 62.4 Å². The summed E-state index contributed by atoms with van der Waals surface area (Å²) < 4.78 is 19.2. The quantitative estimate of drug-likeness (QED) is 0.379. The molecule has 0 amide bonds. The zero-order valence-electron chi connectivity index (χ0n) is 10.5. The van der Waals surface area contributed by atoms with E-state index < -0.39 is 16.4 Å². The normalized spacial score (nSPS) is 10.2. The summed E-state index contributed by atoms with van der Waals surface area (Å²) in [4.78, 5) is 10.2. The number of nitrogens with one attached hydrogen (secondary N) is 1. The maximum absolute atomic E-state index is 13.1. The highest BCUT2D eigenvalue weighted by Gasteiger charge is 2.18. The molecule has 0 bridgehead atoms. The van der Waals surface area contributed by atoms with Crippen LogP contribution in [0.2, 0.25) is 0 Å². The minimum atomic E-state index is -0.745. The van der Waals surface area contributed by atoms with Gasteiger partial charge in [0.05, 0.1) is 16.6 Å². The lowest BCUT2D eigenvalue weighted by atomic mass is 10.2. The van der Waals surface area contributed by atoms with E-state index in [1.165, 1.54) is 6.07 Å². The Kier molecular flexibility index (Phi) is 4.18. The number of nitrogen functional groups attached to an aromatic ring is 1. The molecule has 6 nitrogen and oxygen atoms in total. The summed E-state index contributed by atoms with van der Waals surface area (Å²) in [5, 5.41) is 18.4. The van der Waals surface area contributed by atoms with E-state index in [1.54, 1.807) is 12.1 Å². The molecule has 2 aromatic carbocycles. The lowest BCUT2D eigenvalue weighted by Crippen LogP contribution is -2.12. The van der Waals surface area contributed by atoms with Crippen LogP contribution in [0.4, 0.5) is 10.1 Å². The van der Waals surface area contributed by atoms with Crippen LogP contribution in [-0.4, -0.2) is 10.8 Å². The highest BCUT2D eigenvalue weighted by atomic mass is 79.9. The molecular weight excluding hydrogens is 345 g/mol. The van der Waals surface area contributed by atoms with E-state index in [0.717, 1.165) is 18.2 Å². The monoisotopic (exact) mass is 353 g/mol. The zero-order valence-corrected chi connectivity index (χ0v) is 12.1. The van der Waals surface area contributed by atoms with Crippen molar-refractivity contribution in [1.29, 1.82) is 5.41 Å². The Morgan fingerprint density at radius 3 is 2.57 bits per heavy atom. The minimum Gasteiger partial charge on any atom is -0.449 e. The van der Waals surface area contributed by atoms with Crippen molar-refractivity contribution in [3.63, 3.8) is 0 Å². The van der Waals surface area contributed by atoms with Crippen LogP contribution in [0.1, 0.15) is 5.56 Å². The molecule has 0 aromatic heterocycles. The number of amidine groups is 1. The van der Waals surface area contributed by atoms with E-state index in [4.69, 9.17) is 15.9 Å². The van der Waals surface area contributed by atoms with E-state index in [2.05, 4.69) is 15.9 Å². The summed E-state index contributed by atoms with van der Waals surface area (Å²) in [5.74, 6) is -0.959. The molecule has 0 aliphatic rings. The van der Waals surface area contributed by atoms with Crippen molar-refractivity contribution in [3.8, 4) is 11.5 Å². The summed E-state index contributed by atoms with van der Waals surface area (Å²) in [6.07, 6.45) is 0. The zero-order chi connectivity index (χ0) is 15.6. The van der Waals surface area contributed by atoms with Gasteiger partial charge in [0.15, 0.2) is 0 Å². The molecule has 108 valence electrons. The summed E-state index contributed by atoms with van der Waals surface area (Å²) in [6, 6.07) is 7.66. The fraction of sp³-hybridized carbons (Fsp3) is 0. The van der Waals surface area contributed by atoms with Crippen molar-refractivity contribution in [1.82, 2.24) is 0 Å². The van der Waals surface area contributed by atoms with Gasteiger partial charge in [-0.2, -0.15) is 0 Å². The van der Waals surface area contributed by atoms with Crippen molar-refractivity contribution < 1.29 is 14.1 Å². The van der Waals surface area contributed by atoms with E-state index in [9.17, 15) is 14.5 Å². The van der Waals surface area contributed by atoms with Gasteiger partial charge < -0.3 is 10.5 Å². The number of hydrogen-bond donors (Lipinski definition) is 2. The second kappa shape index (κ2) is 5.88. The van der Waals surface area contributed by atoms with Crippen LogP contribution in [0, 0.1) is 21.3 Å². The van der Waals surface area contributed by atoms with Crippen LogP contribution in [0.5, 0.6) is 11.5 Å². The summed E-state index contributed by atoms with van der Waals surface area (Å²) >= 11 is 3.23. The van der Waals surface area contributed by atoms with Crippen LogP contribution in [-0.2, 0) is 0 Å². The van der Waals surface area contributed by atoms with Gasteiger partial charge in [0.1, 0.15) is 17.4 Å². The Balaban J connectivity index is 2.48. The van der Waals surface area contributed by atoms with E-state index in [-0.39, 0.29) is 22.9 Å². The Hall–Kier alpha value is -2.48. The van der Waals surface area contributed by atoms with Gasteiger partial charge in [-0.1, -0.05) is 15.9 Å². The first-order valence-corrected chi connectivity index (χ1v) is 6.43. The maximum Gasteiger partial charge on any atom is 0.314 e. The third kappa shape index (κ3) is 3.34. The van der Waals surface area contributed by atoms with Crippen molar-refractivity contribution in [2.45, 2.75) is 0 Å². The SMILES string of the molecule is N=C(N)c1cc(Br)ccc1Oc1ccc(F)cc1[N+](=O)[O-]. The number of halogens is 2. The predicted molar refractivity (Wildman–Crippen MR) is 78.3 cm³/mol. The number of nitro benzene ring substituents is 1. The van der Waals surface area contributed by atoms with E-state index in [0.29, 0.717) is 4.47 Å². The van der Waals surface area contributed by atoms with Crippen LogP contribution >= 0.6 is 15.9 Å². The number of benzene rings is 2. The number of ether oxygens (including phenoxy) is 1. The van der Waals surface area contributed by atoms with Gasteiger partial charge in [0.2, 0.25) is 5.75 Å². The van der Waals surface area contributed by atoms with Gasteiger partial charge in [-0.05, 0) is 30.3 Å². The van der Waals surface area contributed by atoms with Gasteiger partial charge in [0.25, 0.3) is 0 Å². The van der Waals surface area contributed by atoms with Crippen LogP contribution in [0.3, 0.4) is 0 Å². The van der Waals surface area contributed by atoms with Crippen molar-refractivity contribution >= 4 is 27.5 Å². The number of hydrogen-bond acceptors (Lipinski definition) is 4. The summed E-state index contributed by atoms with van der Waals surface area (Å²) in [5.41, 5.74) is 5.21. The molecule has 2 rings (SSSR count). The predicted octanol–water partition coefficient (Wildman–Crippen LogP) is 3.57. The Bertz CT molecular complexity index is 675. The smallest absolute Gasteiger partial charge is 0.314 e. The molecule has 0 saturated heterocycles. The molecule has 0 radical (unpaired) electrons. The molecule has 0 atom stereocenters. The fourth-order valence-electron chi connectivity index (χ4n) is 1.64. The second-order valence-corrected chi connectivity index (χ2v) is 4.94. The van der Waals surface area contributed by atoms with E-state index >= 15 is 0 Å². The molecule has 2 aromatic rings. The minimum absolute atomic E-state index is 0.133. The van der Waals surface area contributed by atoms with Gasteiger partial charge >= 0.3 is 5.69 Å². The Morgan fingerprint density at radius 1 is 1.29 bits per heavy atom. The Labute approximate surface area is 127 Å². The average Bonchev–Trinajstić information content (AvgIpc) is 2.42. The molecule has 0 unspecified atom stereocenters. The number of nitrogens with zero attached hydrogens (tertiary/aromatic N) is 1. The van der Waals surface area contributed by atoms with Gasteiger partial charge in [-0.15, -0.1) is 0 Å². The molecule has 0 heterocycles. The molecular formula is C13H9BrFN3O3. The van der Waals surface area contributed by atoms with Crippen LogP contribution < -0.4 is 10.5 Å². The molecule has 0 aliphatic heterocycles. The van der Waals surface area contributed by atoms with Crippen LogP contribution in [0.15, 0.2) is 40.9 Å². The highest BCUT2D eigenvalue weighted by molar-refractivity contribution is 9.10. The van der Waals surface area contributed by atoms with Gasteiger partial charge in [-0.25, -0.2) is 4.39 Å². The van der Waals surface area contributed by atoms with E-state index in [1.807, 2.05) is 0 Å². The lowest BCUT2D eigenvalue weighted by Gasteiger charge is -2.11. The lowest BCUT2D eigenvalue weighted by molar-refractivity contribution is -0.385. The first-order chi connectivity index (χ1) is 9.88. The summed E-state index contributed by atoms with van der Waals surface area (Å²) in [6.45, 7) is 0. The number of nitro groups is 1.